The first-order chi connectivity index (χ1) is 9.81. The Kier molecular flexibility index (Phi) is 5.23. The van der Waals surface area contributed by atoms with Gasteiger partial charge >= 0.3 is 0 Å². The Bertz CT molecular complexity index is 596. The third kappa shape index (κ3) is 3.88. The highest BCUT2D eigenvalue weighted by Gasteiger charge is 2.08. The summed E-state index contributed by atoms with van der Waals surface area (Å²) in [5, 5.41) is 0. The quantitative estimate of drug-likeness (QED) is 0.858. The second-order valence-electron chi connectivity index (χ2n) is 4.51. The second-order valence-corrected chi connectivity index (χ2v) is 4.51. The Labute approximate surface area is 120 Å². The van der Waals surface area contributed by atoms with E-state index in [2.05, 4.69) is 18.8 Å². The van der Waals surface area contributed by atoms with E-state index in [1.807, 2.05) is 54.6 Å². The van der Waals surface area contributed by atoms with Gasteiger partial charge in [-0.1, -0.05) is 55.2 Å². The fourth-order valence-corrected chi connectivity index (χ4v) is 1.91. The van der Waals surface area contributed by atoms with Crippen molar-refractivity contribution >= 4 is 0 Å². The Hall–Kier alpha value is -2.24. The van der Waals surface area contributed by atoms with Gasteiger partial charge in [-0.3, -0.25) is 0 Å². The summed E-state index contributed by atoms with van der Waals surface area (Å²) in [4.78, 5) is 0. The molecule has 0 heterocycles. The predicted molar refractivity (Wildman–Crippen MR) is 82.5 cm³/mol. The molecule has 0 bridgehead atoms. The lowest BCUT2D eigenvalue weighted by molar-refractivity contribution is 0.362. The van der Waals surface area contributed by atoms with Crippen molar-refractivity contribution in [2.24, 2.45) is 5.73 Å². The van der Waals surface area contributed by atoms with E-state index < -0.39 is 0 Å². The van der Waals surface area contributed by atoms with Gasteiger partial charge in [0.2, 0.25) is 0 Å². The molecule has 2 N–H and O–H groups in total. The molecular formula is C18H19NO. The summed E-state index contributed by atoms with van der Waals surface area (Å²) in [5.41, 5.74) is 8.11. The van der Waals surface area contributed by atoms with Gasteiger partial charge in [0.25, 0.3) is 0 Å². The van der Waals surface area contributed by atoms with Crippen LogP contribution in [-0.2, 0) is 0 Å². The summed E-state index contributed by atoms with van der Waals surface area (Å²) in [6.07, 6.45) is 0.885. The van der Waals surface area contributed by atoms with Crippen molar-refractivity contribution in [3.63, 3.8) is 0 Å². The third-order valence-corrected chi connectivity index (χ3v) is 3.06. The van der Waals surface area contributed by atoms with Crippen molar-refractivity contribution in [1.82, 2.24) is 0 Å². The number of ether oxygens (including phenoxy) is 1. The fourth-order valence-electron chi connectivity index (χ4n) is 1.91. The highest BCUT2D eigenvalue weighted by atomic mass is 16.5. The van der Waals surface area contributed by atoms with Gasteiger partial charge in [-0.15, -0.1) is 0 Å². The maximum absolute atomic E-state index is 6.07. The SMILES string of the molecule is CC[C@H](N)c1ccccc1OCC#Cc1ccccc1. The molecule has 0 aliphatic heterocycles. The van der Waals surface area contributed by atoms with Gasteiger partial charge in [-0.05, 0) is 24.6 Å². The largest absolute Gasteiger partial charge is 0.481 e. The second kappa shape index (κ2) is 7.37. The number of rotatable bonds is 4. The summed E-state index contributed by atoms with van der Waals surface area (Å²) in [6, 6.07) is 17.8. The number of nitrogens with two attached hydrogens (primary N) is 1. The Morgan fingerprint density at radius 2 is 1.75 bits per heavy atom. The molecule has 20 heavy (non-hydrogen) atoms. The van der Waals surface area contributed by atoms with E-state index in [0.717, 1.165) is 23.3 Å². The van der Waals surface area contributed by atoms with Gasteiger partial charge in [-0.25, -0.2) is 0 Å². The zero-order chi connectivity index (χ0) is 14.2. The molecule has 0 spiro atoms. The highest BCUT2D eigenvalue weighted by molar-refractivity contribution is 5.37. The molecule has 2 rings (SSSR count). The van der Waals surface area contributed by atoms with E-state index in [-0.39, 0.29) is 6.04 Å². The summed E-state index contributed by atoms with van der Waals surface area (Å²) in [7, 11) is 0. The van der Waals surface area contributed by atoms with Crippen molar-refractivity contribution < 1.29 is 4.74 Å². The van der Waals surface area contributed by atoms with Crippen molar-refractivity contribution in [1.29, 1.82) is 0 Å². The summed E-state index contributed by atoms with van der Waals surface area (Å²) >= 11 is 0. The number of para-hydroxylation sites is 1. The molecule has 2 nitrogen and oxygen atoms in total. The lowest BCUT2D eigenvalue weighted by atomic mass is 10.0. The third-order valence-electron chi connectivity index (χ3n) is 3.06. The van der Waals surface area contributed by atoms with E-state index in [1.54, 1.807) is 0 Å². The van der Waals surface area contributed by atoms with Crippen LogP contribution in [0.3, 0.4) is 0 Å². The molecule has 0 radical (unpaired) electrons. The average molecular weight is 265 g/mol. The number of hydrogen-bond acceptors (Lipinski definition) is 2. The molecule has 0 aliphatic carbocycles. The van der Waals surface area contributed by atoms with Crippen LogP contribution in [0.15, 0.2) is 54.6 Å². The van der Waals surface area contributed by atoms with Gasteiger partial charge < -0.3 is 10.5 Å². The molecule has 2 heteroatoms. The summed E-state index contributed by atoms with van der Waals surface area (Å²) in [5.74, 6) is 6.92. The maximum Gasteiger partial charge on any atom is 0.149 e. The van der Waals surface area contributed by atoms with Crippen LogP contribution < -0.4 is 10.5 Å². The van der Waals surface area contributed by atoms with Crippen LogP contribution in [0.1, 0.15) is 30.5 Å². The molecule has 0 fully saturated rings. The molecular weight excluding hydrogens is 246 g/mol. The van der Waals surface area contributed by atoms with Gasteiger partial charge in [-0.2, -0.15) is 0 Å². The monoisotopic (exact) mass is 265 g/mol. The molecule has 2 aromatic carbocycles. The minimum Gasteiger partial charge on any atom is -0.481 e. The molecule has 102 valence electrons. The van der Waals surface area contributed by atoms with Crippen LogP contribution in [0.5, 0.6) is 5.75 Å². The number of hydrogen-bond donors (Lipinski definition) is 1. The van der Waals surface area contributed by atoms with Gasteiger partial charge in [0.05, 0.1) is 0 Å². The van der Waals surface area contributed by atoms with Crippen molar-refractivity contribution in [3.05, 3.63) is 65.7 Å². The van der Waals surface area contributed by atoms with Crippen LogP contribution in [0.4, 0.5) is 0 Å². The first-order valence-electron chi connectivity index (χ1n) is 6.82. The van der Waals surface area contributed by atoms with E-state index in [4.69, 9.17) is 10.5 Å². The first kappa shape index (κ1) is 14.2. The molecule has 0 amide bonds. The molecule has 0 saturated heterocycles. The minimum absolute atomic E-state index is 0.00767. The van der Waals surface area contributed by atoms with Crippen LogP contribution in [0.25, 0.3) is 0 Å². The normalized spacial score (nSPS) is 11.3. The van der Waals surface area contributed by atoms with Gasteiger partial charge in [0, 0.05) is 17.2 Å². The first-order valence-corrected chi connectivity index (χ1v) is 6.82. The molecule has 2 aromatic rings. The molecule has 0 saturated carbocycles. The predicted octanol–water partition coefficient (Wildman–Crippen LogP) is 3.53. The van der Waals surface area contributed by atoms with Crippen LogP contribution in [0.2, 0.25) is 0 Å². The molecule has 1 atom stereocenters. The van der Waals surface area contributed by atoms with Crippen molar-refractivity contribution in [2.75, 3.05) is 6.61 Å². The smallest absolute Gasteiger partial charge is 0.149 e. The van der Waals surface area contributed by atoms with E-state index in [0.29, 0.717) is 6.61 Å². The Balaban J connectivity index is 2.00. The van der Waals surface area contributed by atoms with Crippen LogP contribution >= 0.6 is 0 Å². The van der Waals surface area contributed by atoms with Crippen molar-refractivity contribution in [3.8, 4) is 17.6 Å². The van der Waals surface area contributed by atoms with Gasteiger partial charge in [0.1, 0.15) is 12.4 Å². The highest BCUT2D eigenvalue weighted by Crippen LogP contribution is 2.25. The molecule has 0 unspecified atom stereocenters. The standard InChI is InChI=1S/C18H19NO/c1-2-17(19)16-12-6-7-13-18(16)20-14-8-11-15-9-4-3-5-10-15/h3-7,9-10,12-13,17H,2,14,19H2,1H3/t17-/m0/s1. The fraction of sp³-hybridized carbons (Fsp3) is 0.222. The van der Waals surface area contributed by atoms with Gasteiger partial charge in [0.15, 0.2) is 0 Å². The van der Waals surface area contributed by atoms with Crippen LogP contribution in [-0.4, -0.2) is 6.61 Å². The summed E-state index contributed by atoms with van der Waals surface area (Å²) < 4.78 is 5.73. The lowest BCUT2D eigenvalue weighted by Crippen LogP contribution is -2.10. The maximum atomic E-state index is 6.07. The van der Waals surface area contributed by atoms with E-state index in [9.17, 15) is 0 Å². The zero-order valence-corrected chi connectivity index (χ0v) is 11.7. The van der Waals surface area contributed by atoms with E-state index in [1.165, 1.54) is 0 Å². The molecule has 0 aliphatic rings. The minimum atomic E-state index is 0.00767. The Morgan fingerprint density at radius 3 is 2.50 bits per heavy atom. The van der Waals surface area contributed by atoms with Crippen LogP contribution in [0, 0.1) is 11.8 Å². The lowest BCUT2D eigenvalue weighted by Gasteiger charge is -2.14. The van der Waals surface area contributed by atoms with E-state index >= 15 is 0 Å². The average Bonchev–Trinajstić information content (AvgIpc) is 2.52. The topological polar surface area (TPSA) is 35.2 Å². The zero-order valence-electron chi connectivity index (χ0n) is 11.7. The molecule has 0 aromatic heterocycles. The Morgan fingerprint density at radius 1 is 1.05 bits per heavy atom. The number of benzene rings is 2. The summed E-state index contributed by atoms with van der Waals surface area (Å²) in [6.45, 7) is 2.43. The van der Waals surface area contributed by atoms with Crippen molar-refractivity contribution in [2.45, 2.75) is 19.4 Å².